The van der Waals surface area contributed by atoms with Crippen LogP contribution in [0.1, 0.15) is 18.4 Å². The Hall–Kier alpha value is -1.78. The first kappa shape index (κ1) is 12.7. The fourth-order valence-corrected chi connectivity index (χ4v) is 2.42. The lowest BCUT2D eigenvalue weighted by molar-refractivity contribution is -0.121. The molecule has 1 atom stereocenters. The molecular formula is C13H18FN3O. The number of hydrogen-bond donors (Lipinski definition) is 2. The van der Waals surface area contributed by atoms with E-state index in [1.165, 1.54) is 6.07 Å². The molecule has 1 saturated heterocycles. The van der Waals surface area contributed by atoms with E-state index in [1.807, 2.05) is 4.90 Å². The normalized spacial score (nSPS) is 19.1. The highest BCUT2D eigenvalue weighted by Gasteiger charge is 2.31. The van der Waals surface area contributed by atoms with Gasteiger partial charge in [0.05, 0.1) is 11.4 Å². The van der Waals surface area contributed by atoms with Crippen LogP contribution < -0.4 is 16.0 Å². The Morgan fingerprint density at radius 3 is 2.94 bits per heavy atom. The van der Waals surface area contributed by atoms with Gasteiger partial charge in [-0.15, -0.1) is 0 Å². The molecule has 3 N–H and O–H groups in total. The number of carbonyl (C=O) groups excluding carboxylic acids is 1. The molecule has 0 spiro atoms. The number of aryl methyl sites for hydroxylation is 1. The Kier molecular flexibility index (Phi) is 3.41. The zero-order chi connectivity index (χ0) is 13.3. The van der Waals surface area contributed by atoms with Crippen LogP contribution in [0.2, 0.25) is 0 Å². The van der Waals surface area contributed by atoms with E-state index in [1.54, 1.807) is 20.0 Å². The third kappa shape index (κ3) is 2.12. The van der Waals surface area contributed by atoms with Crippen molar-refractivity contribution in [3.63, 3.8) is 0 Å². The van der Waals surface area contributed by atoms with Crippen LogP contribution in [0.5, 0.6) is 0 Å². The number of halogens is 1. The van der Waals surface area contributed by atoms with Crippen molar-refractivity contribution in [1.82, 2.24) is 5.32 Å². The third-order valence-electron chi connectivity index (χ3n) is 3.42. The summed E-state index contributed by atoms with van der Waals surface area (Å²) in [4.78, 5) is 13.8. The highest BCUT2D eigenvalue weighted by molar-refractivity contribution is 5.87. The van der Waals surface area contributed by atoms with Gasteiger partial charge < -0.3 is 16.0 Å². The van der Waals surface area contributed by atoms with Crippen molar-refractivity contribution in [2.24, 2.45) is 0 Å². The largest absolute Gasteiger partial charge is 0.397 e. The maximum Gasteiger partial charge on any atom is 0.242 e. The number of benzene rings is 1. The number of nitrogens with zero attached hydrogens (tertiary/aromatic N) is 1. The SMILES string of the molecule is CNC(=O)C1CCCN1c1cc(C)c(F)cc1N. The number of hydrogen-bond acceptors (Lipinski definition) is 3. The van der Waals surface area contributed by atoms with Gasteiger partial charge in [-0.1, -0.05) is 0 Å². The summed E-state index contributed by atoms with van der Waals surface area (Å²) in [6.45, 7) is 2.47. The van der Waals surface area contributed by atoms with Gasteiger partial charge in [0.2, 0.25) is 5.91 Å². The molecule has 1 aliphatic heterocycles. The van der Waals surface area contributed by atoms with E-state index in [-0.39, 0.29) is 17.8 Å². The maximum absolute atomic E-state index is 13.4. The standard InChI is InChI=1S/C13H18FN3O/c1-8-6-12(10(15)7-9(8)14)17-5-3-4-11(17)13(18)16-2/h6-7,11H,3-5,15H2,1-2H3,(H,16,18). The quantitative estimate of drug-likeness (QED) is 0.782. The van der Waals surface area contributed by atoms with Gasteiger partial charge in [0, 0.05) is 13.6 Å². The number of anilines is 2. The van der Waals surface area contributed by atoms with Crippen molar-refractivity contribution >= 4 is 17.3 Å². The van der Waals surface area contributed by atoms with E-state index in [0.29, 0.717) is 11.3 Å². The van der Waals surface area contributed by atoms with E-state index in [0.717, 1.165) is 25.1 Å². The van der Waals surface area contributed by atoms with Crippen LogP contribution in [0.15, 0.2) is 12.1 Å². The van der Waals surface area contributed by atoms with Crippen LogP contribution in [-0.2, 0) is 4.79 Å². The third-order valence-corrected chi connectivity index (χ3v) is 3.42. The Labute approximate surface area is 106 Å². The average Bonchev–Trinajstić information content (AvgIpc) is 2.81. The lowest BCUT2D eigenvalue weighted by Gasteiger charge is -2.27. The molecule has 1 unspecified atom stereocenters. The van der Waals surface area contributed by atoms with Crippen molar-refractivity contribution in [2.45, 2.75) is 25.8 Å². The molecular weight excluding hydrogens is 233 g/mol. The minimum absolute atomic E-state index is 0.0196. The molecule has 0 bridgehead atoms. The van der Waals surface area contributed by atoms with Crippen LogP contribution >= 0.6 is 0 Å². The molecule has 1 fully saturated rings. The summed E-state index contributed by atoms with van der Waals surface area (Å²) in [5.41, 5.74) is 7.54. The van der Waals surface area contributed by atoms with Crippen molar-refractivity contribution < 1.29 is 9.18 Å². The second kappa shape index (κ2) is 4.84. The monoisotopic (exact) mass is 251 g/mol. The summed E-state index contributed by atoms with van der Waals surface area (Å²) in [5, 5.41) is 2.66. The highest BCUT2D eigenvalue weighted by atomic mass is 19.1. The fourth-order valence-electron chi connectivity index (χ4n) is 2.42. The maximum atomic E-state index is 13.4. The number of nitrogen functional groups attached to an aromatic ring is 1. The average molecular weight is 251 g/mol. The first-order chi connectivity index (χ1) is 8.54. The van der Waals surface area contributed by atoms with Gasteiger partial charge in [-0.05, 0) is 37.5 Å². The lowest BCUT2D eigenvalue weighted by atomic mass is 10.1. The molecule has 1 heterocycles. The second-order valence-electron chi connectivity index (χ2n) is 4.63. The summed E-state index contributed by atoms with van der Waals surface area (Å²) >= 11 is 0. The van der Waals surface area contributed by atoms with Crippen LogP contribution in [-0.4, -0.2) is 25.5 Å². The molecule has 1 amide bonds. The van der Waals surface area contributed by atoms with E-state index in [9.17, 15) is 9.18 Å². The van der Waals surface area contributed by atoms with Crippen molar-refractivity contribution in [2.75, 3.05) is 24.2 Å². The van der Waals surface area contributed by atoms with Gasteiger partial charge in [0.15, 0.2) is 0 Å². The molecule has 1 aliphatic rings. The van der Waals surface area contributed by atoms with E-state index in [4.69, 9.17) is 5.73 Å². The number of rotatable bonds is 2. The molecule has 4 nitrogen and oxygen atoms in total. The van der Waals surface area contributed by atoms with Crippen molar-refractivity contribution in [3.8, 4) is 0 Å². The van der Waals surface area contributed by atoms with E-state index >= 15 is 0 Å². The van der Waals surface area contributed by atoms with Gasteiger partial charge in [-0.2, -0.15) is 0 Å². The predicted molar refractivity (Wildman–Crippen MR) is 70.0 cm³/mol. The van der Waals surface area contributed by atoms with Crippen molar-refractivity contribution in [1.29, 1.82) is 0 Å². The van der Waals surface area contributed by atoms with E-state index < -0.39 is 0 Å². The molecule has 0 aromatic heterocycles. The summed E-state index contributed by atoms with van der Waals surface area (Å²) < 4.78 is 13.4. The van der Waals surface area contributed by atoms with Crippen LogP contribution in [0.25, 0.3) is 0 Å². The van der Waals surface area contributed by atoms with Gasteiger partial charge in [-0.3, -0.25) is 4.79 Å². The minimum Gasteiger partial charge on any atom is -0.397 e. The predicted octanol–water partition coefficient (Wildman–Crippen LogP) is 1.43. The Morgan fingerprint density at radius 2 is 2.28 bits per heavy atom. The van der Waals surface area contributed by atoms with Crippen LogP contribution in [0.3, 0.4) is 0 Å². The Morgan fingerprint density at radius 1 is 1.56 bits per heavy atom. The first-order valence-electron chi connectivity index (χ1n) is 6.08. The zero-order valence-corrected chi connectivity index (χ0v) is 10.7. The molecule has 5 heteroatoms. The van der Waals surface area contributed by atoms with E-state index in [2.05, 4.69) is 5.32 Å². The molecule has 0 radical (unpaired) electrons. The molecule has 18 heavy (non-hydrogen) atoms. The van der Waals surface area contributed by atoms with Crippen LogP contribution in [0.4, 0.5) is 15.8 Å². The summed E-state index contributed by atoms with van der Waals surface area (Å²) in [5.74, 6) is -0.333. The molecule has 1 aromatic rings. The lowest BCUT2D eigenvalue weighted by Crippen LogP contribution is -2.42. The minimum atomic E-state index is -0.313. The van der Waals surface area contributed by atoms with Crippen LogP contribution in [0, 0.1) is 12.7 Å². The smallest absolute Gasteiger partial charge is 0.242 e. The molecule has 98 valence electrons. The molecule has 1 aromatic carbocycles. The molecule has 0 saturated carbocycles. The van der Waals surface area contributed by atoms with Gasteiger partial charge in [0.1, 0.15) is 11.9 Å². The fraction of sp³-hybridized carbons (Fsp3) is 0.462. The number of carbonyl (C=O) groups is 1. The first-order valence-corrected chi connectivity index (χ1v) is 6.08. The van der Waals surface area contributed by atoms with Crippen molar-refractivity contribution in [3.05, 3.63) is 23.5 Å². The molecule has 2 rings (SSSR count). The number of likely N-dealkylation sites (N-methyl/N-ethyl adjacent to an activating group) is 1. The summed E-state index contributed by atoms with van der Waals surface area (Å²) in [6.07, 6.45) is 1.74. The number of amides is 1. The summed E-state index contributed by atoms with van der Waals surface area (Å²) in [7, 11) is 1.62. The highest BCUT2D eigenvalue weighted by Crippen LogP contribution is 2.32. The molecule has 0 aliphatic carbocycles. The summed E-state index contributed by atoms with van der Waals surface area (Å²) in [6, 6.07) is 2.83. The zero-order valence-electron chi connectivity index (χ0n) is 10.7. The van der Waals surface area contributed by atoms with Gasteiger partial charge in [0.25, 0.3) is 0 Å². The Balaban J connectivity index is 2.36. The second-order valence-corrected chi connectivity index (χ2v) is 4.63. The number of nitrogens with one attached hydrogen (secondary N) is 1. The number of nitrogens with two attached hydrogens (primary N) is 1. The van der Waals surface area contributed by atoms with Gasteiger partial charge >= 0.3 is 0 Å². The van der Waals surface area contributed by atoms with Gasteiger partial charge in [-0.25, -0.2) is 4.39 Å². The topological polar surface area (TPSA) is 58.4 Å². The Bertz CT molecular complexity index is 476.